The smallest absolute Gasteiger partial charge is 0.149 e. The second-order valence-corrected chi connectivity index (χ2v) is 4.25. The minimum Gasteiger partial charge on any atom is -0.377 e. The van der Waals surface area contributed by atoms with Crippen LogP contribution < -0.4 is 5.32 Å². The minimum atomic E-state index is -0.667. The van der Waals surface area contributed by atoms with E-state index in [1.807, 2.05) is 0 Å². The van der Waals surface area contributed by atoms with E-state index in [0.717, 1.165) is 6.07 Å². The van der Waals surface area contributed by atoms with Gasteiger partial charge in [-0.25, -0.2) is 13.4 Å². The molecule has 0 saturated carbocycles. The number of hydrogen-bond donors (Lipinski definition) is 1. The molecule has 0 atom stereocenters. The van der Waals surface area contributed by atoms with Crippen molar-refractivity contribution >= 4 is 21.6 Å². The van der Waals surface area contributed by atoms with Gasteiger partial charge < -0.3 is 5.32 Å². The molecule has 90 valence electrons. The Bertz CT molecular complexity index is 544. The summed E-state index contributed by atoms with van der Waals surface area (Å²) in [4.78, 5) is 0. The van der Waals surface area contributed by atoms with Crippen LogP contribution in [0.25, 0.3) is 0 Å². The van der Waals surface area contributed by atoms with Crippen LogP contribution in [-0.2, 0) is 6.54 Å². The molecular formula is C10H8BrF2N3O. The highest BCUT2D eigenvalue weighted by Gasteiger charge is 2.10. The van der Waals surface area contributed by atoms with Gasteiger partial charge in [-0.1, -0.05) is 10.3 Å². The first-order valence-electron chi connectivity index (χ1n) is 4.74. The highest BCUT2D eigenvalue weighted by atomic mass is 79.9. The van der Waals surface area contributed by atoms with Crippen molar-refractivity contribution in [3.63, 3.8) is 0 Å². The molecule has 0 aliphatic carbocycles. The maximum absolute atomic E-state index is 13.4. The maximum atomic E-state index is 13.4. The summed E-state index contributed by atoms with van der Waals surface area (Å²) in [5.74, 6) is -1.31. The van der Waals surface area contributed by atoms with Crippen molar-refractivity contribution in [3.8, 4) is 0 Å². The summed E-state index contributed by atoms with van der Waals surface area (Å²) in [5.41, 5.74) is 1.38. The standard InChI is InChI=1S/C10H8BrF2N3O/c1-5-10(16-17-15-5)4-14-9-2-6(11)7(12)3-8(9)13/h2-3,14H,4H2,1H3. The van der Waals surface area contributed by atoms with E-state index in [9.17, 15) is 8.78 Å². The lowest BCUT2D eigenvalue weighted by molar-refractivity contribution is 0.301. The van der Waals surface area contributed by atoms with E-state index >= 15 is 0 Å². The van der Waals surface area contributed by atoms with Gasteiger partial charge in [-0.15, -0.1) is 0 Å². The maximum Gasteiger partial charge on any atom is 0.149 e. The van der Waals surface area contributed by atoms with Crippen molar-refractivity contribution in [2.45, 2.75) is 13.5 Å². The van der Waals surface area contributed by atoms with Gasteiger partial charge in [0.25, 0.3) is 0 Å². The van der Waals surface area contributed by atoms with E-state index in [1.165, 1.54) is 6.07 Å². The molecule has 1 N–H and O–H groups in total. The predicted molar refractivity (Wildman–Crippen MR) is 60.4 cm³/mol. The third-order valence-electron chi connectivity index (χ3n) is 2.20. The number of rotatable bonds is 3. The lowest BCUT2D eigenvalue weighted by Gasteiger charge is -2.06. The van der Waals surface area contributed by atoms with Crippen LogP contribution in [0.5, 0.6) is 0 Å². The van der Waals surface area contributed by atoms with Crippen LogP contribution in [0.2, 0.25) is 0 Å². The Morgan fingerprint density at radius 1 is 1.29 bits per heavy atom. The Kier molecular flexibility index (Phi) is 3.37. The summed E-state index contributed by atoms with van der Waals surface area (Å²) in [6.45, 7) is 1.98. The van der Waals surface area contributed by atoms with Gasteiger partial charge in [-0.3, -0.25) is 0 Å². The fraction of sp³-hybridized carbons (Fsp3) is 0.200. The van der Waals surface area contributed by atoms with Gasteiger partial charge in [0.2, 0.25) is 0 Å². The highest BCUT2D eigenvalue weighted by Crippen LogP contribution is 2.24. The van der Waals surface area contributed by atoms with E-state index in [0.29, 0.717) is 11.4 Å². The van der Waals surface area contributed by atoms with Crippen molar-refractivity contribution in [1.29, 1.82) is 0 Å². The van der Waals surface area contributed by atoms with Crippen LogP contribution in [0, 0.1) is 18.6 Å². The van der Waals surface area contributed by atoms with Crippen molar-refractivity contribution in [2.24, 2.45) is 0 Å². The number of aryl methyl sites for hydroxylation is 1. The quantitative estimate of drug-likeness (QED) is 0.886. The first kappa shape index (κ1) is 12.0. The molecule has 4 nitrogen and oxygen atoms in total. The fourth-order valence-corrected chi connectivity index (χ4v) is 1.59. The molecule has 0 radical (unpaired) electrons. The number of halogens is 3. The molecule has 7 heteroatoms. The van der Waals surface area contributed by atoms with Crippen LogP contribution in [0.1, 0.15) is 11.4 Å². The Balaban J connectivity index is 2.14. The van der Waals surface area contributed by atoms with Gasteiger partial charge in [-0.2, -0.15) is 0 Å². The number of hydrogen-bond acceptors (Lipinski definition) is 4. The van der Waals surface area contributed by atoms with Crippen molar-refractivity contribution < 1.29 is 13.4 Å². The first-order valence-corrected chi connectivity index (χ1v) is 5.53. The van der Waals surface area contributed by atoms with E-state index in [4.69, 9.17) is 0 Å². The van der Waals surface area contributed by atoms with E-state index < -0.39 is 11.6 Å². The molecule has 1 aromatic carbocycles. The fourth-order valence-electron chi connectivity index (χ4n) is 1.25. The van der Waals surface area contributed by atoms with E-state index in [2.05, 4.69) is 36.2 Å². The summed E-state index contributed by atoms with van der Waals surface area (Å²) in [7, 11) is 0. The monoisotopic (exact) mass is 303 g/mol. The average Bonchev–Trinajstić information content (AvgIpc) is 2.68. The van der Waals surface area contributed by atoms with Crippen molar-refractivity contribution in [3.05, 3.63) is 39.6 Å². The predicted octanol–water partition coefficient (Wildman–Crippen LogP) is 3.03. The van der Waals surface area contributed by atoms with Crippen LogP contribution in [-0.4, -0.2) is 10.3 Å². The molecule has 0 saturated heterocycles. The molecule has 0 amide bonds. The lowest BCUT2D eigenvalue weighted by atomic mass is 10.2. The Hall–Kier alpha value is -1.50. The summed E-state index contributed by atoms with van der Waals surface area (Å²) >= 11 is 2.99. The van der Waals surface area contributed by atoms with Gasteiger partial charge in [0.1, 0.15) is 23.0 Å². The van der Waals surface area contributed by atoms with Crippen molar-refractivity contribution in [2.75, 3.05) is 5.32 Å². The lowest BCUT2D eigenvalue weighted by Crippen LogP contribution is -2.03. The summed E-state index contributed by atoms with van der Waals surface area (Å²) in [6.07, 6.45) is 0. The van der Waals surface area contributed by atoms with Gasteiger partial charge in [0, 0.05) is 6.07 Å². The largest absolute Gasteiger partial charge is 0.377 e. The molecule has 0 unspecified atom stereocenters. The summed E-state index contributed by atoms with van der Waals surface area (Å²) in [5, 5.41) is 10.0. The van der Waals surface area contributed by atoms with Gasteiger partial charge >= 0.3 is 0 Å². The van der Waals surface area contributed by atoms with Gasteiger partial charge in [0.15, 0.2) is 0 Å². The Labute approximate surface area is 104 Å². The molecule has 0 aliphatic heterocycles. The molecule has 0 fully saturated rings. The number of nitrogens with zero attached hydrogens (tertiary/aromatic N) is 2. The minimum absolute atomic E-state index is 0.181. The number of anilines is 1. The highest BCUT2D eigenvalue weighted by molar-refractivity contribution is 9.10. The Morgan fingerprint density at radius 2 is 2.06 bits per heavy atom. The number of benzene rings is 1. The third-order valence-corrected chi connectivity index (χ3v) is 2.81. The Morgan fingerprint density at radius 3 is 2.71 bits per heavy atom. The second kappa shape index (κ2) is 4.79. The molecule has 0 spiro atoms. The number of nitrogens with one attached hydrogen (secondary N) is 1. The van der Waals surface area contributed by atoms with Crippen LogP contribution in [0.4, 0.5) is 14.5 Å². The number of aromatic nitrogens is 2. The second-order valence-electron chi connectivity index (χ2n) is 3.40. The first-order chi connectivity index (χ1) is 8.08. The summed E-state index contributed by atoms with van der Waals surface area (Å²) in [6, 6.07) is 2.13. The van der Waals surface area contributed by atoms with Gasteiger partial charge in [0.05, 0.1) is 16.7 Å². The molecule has 1 heterocycles. The van der Waals surface area contributed by atoms with Gasteiger partial charge in [-0.05, 0) is 28.9 Å². The molecule has 2 aromatic rings. The topological polar surface area (TPSA) is 51.0 Å². The SMILES string of the molecule is Cc1nonc1CNc1cc(Br)c(F)cc1F. The summed E-state index contributed by atoms with van der Waals surface area (Å²) < 4.78 is 31.1. The zero-order valence-electron chi connectivity index (χ0n) is 8.80. The van der Waals surface area contributed by atoms with E-state index in [-0.39, 0.29) is 16.7 Å². The van der Waals surface area contributed by atoms with Crippen LogP contribution in [0.3, 0.4) is 0 Å². The third kappa shape index (κ3) is 2.60. The molecular weight excluding hydrogens is 296 g/mol. The van der Waals surface area contributed by atoms with E-state index in [1.54, 1.807) is 6.92 Å². The zero-order chi connectivity index (χ0) is 12.4. The molecule has 1 aromatic heterocycles. The average molecular weight is 304 g/mol. The molecule has 0 aliphatic rings. The molecule has 2 rings (SSSR count). The molecule has 0 bridgehead atoms. The molecule has 17 heavy (non-hydrogen) atoms. The van der Waals surface area contributed by atoms with Crippen LogP contribution >= 0.6 is 15.9 Å². The van der Waals surface area contributed by atoms with Crippen LogP contribution in [0.15, 0.2) is 21.2 Å². The zero-order valence-corrected chi connectivity index (χ0v) is 10.4. The normalized spacial score (nSPS) is 10.6. The van der Waals surface area contributed by atoms with Crippen molar-refractivity contribution in [1.82, 2.24) is 10.3 Å².